The van der Waals surface area contributed by atoms with E-state index >= 15 is 0 Å². The van der Waals surface area contributed by atoms with E-state index in [1.165, 1.54) is 12.4 Å². The first-order valence-electron chi connectivity index (χ1n) is 8.74. The predicted molar refractivity (Wildman–Crippen MR) is 106 cm³/mol. The molecule has 3 aromatic heterocycles. The van der Waals surface area contributed by atoms with E-state index < -0.39 is 24.2 Å². The molecule has 3 aromatic rings. The average Bonchev–Trinajstić information content (AvgIpc) is 3.39. The van der Waals surface area contributed by atoms with E-state index in [1.807, 2.05) is 5.32 Å². The summed E-state index contributed by atoms with van der Waals surface area (Å²) in [5.41, 5.74) is 0.260. The maximum absolute atomic E-state index is 12.4. The first kappa shape index (κ1) is 19.4. The number of halogens is 4. The molecule has 11 heteroatoms. The lowest BCUT2D eigenvalue weighted by Crippen LogP contribution is -2.50. The molecule has 0 radical (unpaired) electrons. The lowest BCUT2D eigenvalue weighted by molar-refractivity contribution is -0.139. The number of H-pyrrole nitrogens is 1. The molecule has 1 saturated carbocycles. The molecule has 29 heavy (non-hydrogen) atoms. The van der Waals surface area contributed by atoms with Crippen LogP contribution in [0.25, 0.3) is 22.4 Å². The summed E-state index contributed by atoms with van der Waals surface area (Å²) in [6.07, 6.45) is 1.19. The van der Waals surface area contributed by atoms with E-state index in [4.69, 9.17) is 11.6 Å². The van der Waals surface area contributed by atoms with Gasteiger partial charge in [0.1, 0.15) is 23.5 Å². The van der Waals surface area contributed by atoms with Crippen LogP contribution in [0.1, 0.15) is 15.7 Å². The van der Waals surface area contributed by atoms with Crippen molar-refractivity contribution >= 4 is 34.4 Å². The van der Waals surface area contributed by atoms with E-state index in [0.29, 0.717) is 40.7 Å². The SMILES string of the molecule is CN(c1ccnc(-c2c[nH]c3ncc(Cl)cc23)n1)C1(C(=O)NCC(F)(F)F)CC1.[HH].[HH]. The smallest absolute Gasteiger partial charge is 0.345 e. The second-order valence-electron chi connectivity index (χ2n) is 6.88. The van der Waals surface area contributed by atoms with Crippen molar-refractivity contribution in [3.63, 3.8) is 0 Å². The summed E-state index contributed by atoms with van der Waals surface area (Å²) in [6, 6.07) is 3.35. The largest absolute Gasteiger partial charge is 0.405 e. The van der Waals surface area contributed by atoms with Crippen LogP contribution in [0.5, 0.6) is 0 Å². The summed E-state index contributed by atoms with van der Waals surface area (Å²) in [6.45, 7) is -1.36. The predicted octanol–water partition coefficient (Wildman–Crippen LogP) is 3.81. The number of anilines is 1. The van der Waals surface area contributed by atoms with Crippen LogP contribution in [0.15, 0.2) is 30.7 Å². The van der Waals surface area contributed by atoms with Gasteiger partial charge >= 0.3 is 6.18 Å². The summed E-state index contributed by atoms with van der Waals surface area (Å²) in [7, 11) is 1.64. The fourth-order valence-electron chi connectivity index (χ4n) is 3.23. The first-order valence-corrected chi connectivity index (χ1v) is 9.12. The minimum Gasteiger partial charge on any atom is -0.345 e. The average molecular weight is 429 g/mol. The Bertz CT molecular complexity index is 1090. The van der Waals surface area contributed by atoms with Crippen LogP contribution in [0, 0.1) is 0 Å². The molecule has 2 N–H and O–H groups in total. The van der Waals surface area contributed by atoms with Gasteiger partial charge in [-0.25, -0.2) is 15.0 Å². The first-order chi connectivity index (χ1) is 13.7. The van der Waals surface area contributed by atoms with E-state index in [-0.39, 0.29) is 2.85 Å². The van der Waals surface area contributed by atoms with Crippen LogP contribution in [0.2, 0.25) is 5.02 Å². The van der Waals surface area contributed by atoms with Crippen molar-refractivity contribution in [1.29, 1.82) is 0 Å². The van der Waals surface area contributed by atoms with Gasteiger partial charge in [-0.3, -0.25) is 4.79 Å². The molecule has 1 aliphatic carbocycles. The lowest BCUT2D eigenvalue weighted by atomic mass is 10.2. The number of amides is 1. The second kappa shape index (κ2) is 6.87. The van der Waals surface area contributed by atoms with Crippen molar-refractivity contribution < 1.29 is 20.8 Å². The Labute approximate surface area is 171 Å². The van der Waals surface area contributed by atoms with Crippen LogP contribution in [-0.2, 0) is 4.79 Å². The third-order valence-electron chi connectivity index (χ3n) is 4.96. The molecule has 4 rings (SSSR count). The van der Waals surface area contributed by atoms with Gasteiger partial charge in [0, 0.05) is 39.4 Å². The number of hydrogen-bond donors (Lipinski definition) is 2. The van der Waals surface area contributed by atoms with Crippen LogP contribution in [0.3, 0.4) is 0 Å². The molecule has 0 aliphatic heterocycles. The fourth-order valence-corrected chi connectivity index (χ4v) is 3.38. The van der Waals surface area contributed by atoms with Gasteiger partial charge in [0.25, 0.3) is 0 Å². The van der Waals surface area contributed by atoms with Gasteiger partial charge in [-0.05, 0) is 25.0 Å². The summed E-state index contributed by atoms with van der Waals surface area (Å²) in [5.74, 6) is 0.149. The number of fused-ring (bicyclic) bond motifs is 1. The number of hydrogen-bond acceptors (Lipinski definition) is 5. The number of likely N-dealkylation sites (N-methyl/N-ethyl adjacent to an activating group) is 1. The van der Waals surface area contributed by atoms with Gasteiger partial charge in [-0.15, -0.1) is 0 Å². The number of carbonyl (C=O) groups excluding carboxylic acids is 1. The van der Waals surface area contributed by atoms with Crippen molar-refractivity contribution in [2.75, 3.05) is 18.5 Å². The highest BCUT2D eigenvalue weighted by molar-refractivity contribution is 6.31. The summed E-state index contributed by atoms with van der Waals surface area (Å²) < 4.78 is 37.3. The monoisotopic (exact) mass is 428 g/mol. The molecule has 0 atom stereocenters. The van der Waals surface area contributed by atoms with E-state index in [9.17, 15) is 18.0 Å². The van der Waals surface area contributed by atoms with Gasteiger partial charge in [-0.2, -0.15) is 13.2 Å². The molecule has 1 aliphatic rings. The Morgan fingerprint density at radius 2 is 2.17 bits per heavy atom. The number of carbonyl (C=O) groups is 1. The molecule has 0 bridgehead atoms. The molecule has 0 unspecified atom stereocenters. The number of nitrogens with zero attached hydrogens (tertiary/aromatic N) is 4. The van der Waals surface area contributed by atoms with Gasteiger partial charge in [0.15, 0.2) is 5.82 Å². The third kappa shape index (κ3) is 3.71. The number of nitrogens with one attached hydrogen (secondary N) is 2. The lowest BCUT2D eigenvalue weighted by Gasteiger charge is -2.28. The third-order valence-corrected chi connectivity index (χ3v) is 5.17. The fraction of sp³-hybridized carbons (Fsp3) is 0.333. The van der Waals surface area contributed by atoms with Crippen LogP contribution in [0.4, 0.5) is 19.0 Å². The Kier molecular flexibility index (Phi) is 4.60. The van der Waals surface area contributed by atoms with E-state index in [0.717, 1.165) is 5.39 Å². The standard InChI is InChI=1S/C18H16ClF3N6O.2H2/c1-28(17(3-4-17)16(29)26-9-18(20,21)22)13-2-5-23-15(27-13)12-8-25-14-11(12)6-10(19)7-24-14;;/h2,5-8H,3-4,9H2,1H3,(H,24,25)(H,26,29);2*1H. The summed E-state index contributed by atoms with van der Waals surface area (Å²) >= 11 is 6.03. The highest BCUT2D eigenvalue weighted by Crippen LogP contribution is 2.43. The molecule has 0 spiro atoms. The van der Waals surface area contributed by atoms with Crippen LogP contribution >= 0.6 is 11.6 Å². The molecule has 1 fully saturated rings. The molecule has 0 aromatic carbocycles. The summed E-state index contributed by atoms with van der Waals surface area (Å²) in [5, 5.41) is 3.17. The number of aromatic nitrogens is 4. The Hall–Kier alpha value is -2.88. The van der Waals surface area contributed by atoms with Crippen molar-refractivity contribution in [3.8, 4) is 11.4 Å². The second-order valence-corrected chi connectivity index (χ2v) is 7.32. The topological polar surface area (TPSA) is 86.8 Å². The number of rotatable bonds is 5. The maximum atomic E-state index is 12.4. The molecule has 0 saturated heterocycles. The zero-order valence-electron chi connectivity index (χ0n) is 15.2. The van der Waals surface area contributed by atoms with Gasteiger partial charge < -0.3 is 15.2 Å². The Morgan fingerprint density at radius 1 is 1.41 bits per heavy atom. The van der Waals surface area contributed by atoms with Crippen molar-refractivity contribution in [1.82, 2.24) is 25.3 Å². The van der Waals surface area contributed by atoms with Crippen molar-refractivity contribution in [3.05, 3.63) is 35.7 Å². The van der Waals surface area contributed by atoms with E-state index in [1.54, 1.807) is 30.3 Å². The number of pyridine rings is 1. The zero-order chi connectivity index (χ0) is 20.8. The van der Waals surface area contributed by atoms with Gasteiger partial charge in [-0.1, -0.05) is 11.6 Å². The van der Waals surface area contributed by atoms with Crippen LogP contribution < -0.4 is 10.2 Å². The van der Waals surface area contributed by atoms with Crippen molar-refractivity contribution in [2.45, 2.75) is 24.6 Å². The highest BCUT2D eigenvalue weighted by atomic mass is 35.5. The van der Waals surface area contributed by atoms with Crippen molar-refractivity contribution in [2.24, 2.45) is 0 Å². The quantitative estimate of drug-likeness (QED) is 0.645. The van der Waals surface area contributed by atoms with E-state index in [2.05, 4.69) is 19.9 Å². The van der Waals surface area contributed by atoms with Gasteiger partial charge in [0.2, 0.25) is 5.91 Å². The normalized spacial score (nSPS) is 15.3. The number of alkyl halides is 3. The van der Waals surface area contributed by atoms with Crippen LogP contribution in [-0.4, -0.2) is 51.2 Å². The molecule has 156 valence electrons. The Morgan fingerprint density at radius 3 is 2.86 bits per heavy atom. The highest BCUT2D eigenvalue weighted by Gasteiger charge is 2.54. The minimum absolute atomic E-state index is 0. The number of aromatic amines is 1. The molecule has 7 nitrogen and oxygen atoms in total. The molecular formula is C18H20ClF3N6O. The molecule has 1 amide bonds. The molecule has 3 heterocycles. The zero-order valence-corrected chi connectivity index (χ0v) is 16.0. The molecular weight excluding hydrogens is 409 g/mol. The maximum Gasteiger partial charge on any atom is 0.405 e. The van der Waals surface area contributed by atoms with Gasteiger partial charge in [0.05, 0.1) is 5.02 Å². The minimum atomic E-state index is -4.46. The Balaban J connectivity index is 0.00000171. The summed E-state index contributed by atoms with van der Waals surface area (Å²) in [4.78, 5) is 30.0.